The Kier molecular flexibility index (Phi) is 12.3. The van der Waals surface area contributed by atoms with Crippen LogP contribution in [0.25, 0.3) is 16.8 Å². The Morgan fingerprint density at radius 3 is 2.43 bits per heavy atom. The molecule has 1 saturated carbocycles. The summed E-state index contributed by atoms with van der Waals surface area (Å²) in [6, 6.07) is 5.89. The van der Waals surface area contributed by atoms with Crippen LogP contribution >= 0.6 is 0 Å². The van der Waals surface area contributed by atoms with Crippen LogP contribution in [0, 0.1) is 6.92 Å². The molecule has 0 unspecified atom stereocenters. The van der Waals surface area contributed by atoms with Crippen molar-refractivity contribution in [2.24, 2.45) is 4.99 Å². The van der Waals surface area contributed by atoms with E-state index in [2.05, 4.69) is 25.4 Å². The molecule has 3 N–H and O–H groups in total. The number of nitrogens with two attached hydrogens (primary N) is 1. The average molecular weight is 520 g/mol. The van der Waals surface area contributed by atoms with Crippen LogP contribution in [-0.4, -0.2) is 65.2 Å². The zero-order valence-corrected chi connectivity index (χ0v) is 22.6. The Labute approximate surface area is 217 Å². The predicted molar refractivity (Wildman–Crippen MR) is 145 cm³/mol. The van der Waals surface area contributed by atoms with E-state index in [0.29, 0.717) is 11.9 Å². The third kappa shape index (κ3) is 9.32. The molecule has 0 aromatic carbocycles. The van der Waals surface area contributed by atoms with E-state index in [0.717, 1.165) is 47.1 Å². The van der Waals surface area contributed by atoms with Crippen molar-refractivity contribution in [3.05, 3.63) is 30.1 Å². The maximum absolute atomic E-state index is 10.8. The molecule has 0 bridgehead atoms. The minimum atomic E-state index is -2.12. The number of fused-ring (bicyclic) bond motifs is 1. The van der Waals surface area contributed by atoms with E-state index in [1.165, 1.54) is 26.2 Å². The van der Waals surface area contributed by atoms with Crippen molar-refractivity contribution in [1.82, 2.24) is 19.6 Å². The number of methoxy groups -OCH3 is 1. The molecule has 9 nitrogen and oxygen atoms in total. The molecule has 0 spiro atoms. The molecule has 1 fully saturated rings. The van der Waals surface area contributed by atoms with Crippen molar-refractivity contribution in [3.8, 4) is 11.3 Å². The van der Waals surface area contributed by atoms with E-state index < -0.39 is 6.43 Å². The first-order valence-corrected chi connectivity index (χ1v) is 12.4. The van der Waals surface area contributed by atoms with Gasteiger partial charge in [0.2, 0.25) is 12.4 Å². The molecule has 3 aromatic heterocycles. The number of ether oxygens (including phenoxy) is 2. The average Bonchev–Trinajstić information content (AvgIpc) is 3.25. The second-order valence-electron chi connectivity index (χ2n) is 8.67. The fourth-order valence-electron chi connectivity index (χ4n) is 3.32. The fraction of sp³-hybridized carbons (Fsp3) is 0.538. The van der Waals surface area contributed by atoms with Crippen molar-refractivity contribution in [2.45, 2.75) is 65.9 Å². The number of aliphatic imine (C=N–C) groups is 1. The summed E-state index contributed by atoms with van der Waals surface area (Å²) in [7, 11) is 3.50. The Bertz CT molecular complexity index is 1140. The summed E-state index contributed by atoms with van der Waals surface area (Å²) in [6.07, 6.45) is 4.11. The zero-order valence-electron chi connectivity index (χ0n) is 22.6. The number of nitrogen functional groups attached to an aromatic ring is 1. The van der Waals surface area contributed by atoms with Gasteiger partial charge >= 0.3 is 0 Å². The number of alkyl halides is 2. The lowest BCUT2D eigenvalue weighted by Gasteiger charge is -2.25. The highest BCUT2D eigenvalue weighted by molar-refractivity contribution is 5.88. The molecule has 11 heteroatoms. The number of nitrogens with one attached hydrogen (secondary N) is 1. The van der Waals surface area contributed by atoms with Gasteiger partial charge < -0.3 is 20.5 Å². The number of aryl methyl sites for hydroxylation is 1. The number of nitrogens with zero attached hydrogens (tertiary/aromatic N) is 5. The highest BCUT2D eigenvalue weighted by Gasteiger charge is 2.17. The molecule has 4 rings (SSSR count). The topological polar surface area (TPSA) is 112 Å². The number of hydrogen-bond donors (Lipinski definition) is 2. The van der Waals surface area contributed by atoms with Gasteiger partial charge in [-0.3, -0.25) is 9.98 Å². The third-order valence-electron chi connectivity index (χ3n) is 5.44. The summed E-state index contributed by atoms with van der Waals surface area (Å²) >= 11 is 0. The molecule has 0 amide bonds. The van der Waals surface area contributed by atoms with E-state index in [4.69, 9.17) is 15.2 Å². The van der Waals surface area contributed by atoms with Gasteiger partial charge in [0, 0.05) is 38.1 Å². The first-order chi connectivity index (χ1) is 17.7. The monoisotopic (exact) mass is 519 g/mol. The van der Waals surface area contributed by atoms with Gasteiger partial charge in [-0.05, 0) is 58.2 Å². The molecule has 0 aliphatic heterocycles. The smallest absolute Gasteiger partial charge is 0.240 e. The normalized spacial score (nSPS) is 12.8. The van der Waals surface area contributed by atoms with Gasteiger partial charge in [-0.15, -0.1) is 5.10 Å². The van der Waals surface area contributed by atoms with Crippen LogP contribution < -0.4 is 11.1 Å². The van der Waals surface area contributed by atoms with E-state index in [1.807, 2.05) is 45.2 Å². The third-order valence-corrected chi connectivity index (χ3v) is 5.44. The lowest BCUT2D eigenvalue weighted by molar-refractivity contribution is -0.0209. The highest BCUT2D eigenvalue weighted by Crippen LogP contribution is 2.30. The zero-order chi connectivity index (χ0) is 27.4. The molecule has 3 heterocycles. The Morgan fingerprint density at radius 2 is 1.92 bits per heavy atom. The van der Waals surface area contributed by atoms with Gasteiger partial charge in [-0.2, -0.15) is 4.98 Å². The van der Waals surface area contributed by atoms with Crippen molar-refractivity contribution in [2.75, 3.05) is 38.4 Å². The van der Waals surface area contributed by atoms with Gasteiger partial charge in [0.15, 0.2) is 5.82 Å². The lowest BCUT2D eigenvalue weighted by atomic mass is 9.96. The van der Waals surface area contributed by atoms with E-state index in [9.17, 15) is 8.78 Å². The van der Waals surface area contributed by atoms with Crippen molar-refractivity contribution in [1.29, 1.82) is 0 Å². The van der Waals surface area contributed by atoms with Crippen LogP contribution in [-0.2, 0) is 9.47 Å². The summed E-state index contributed by atoms with van der Waals surface area (Å²) in [5, 5.41) is 7.26. The second-order valence-corrected chi connectivity index (χ2v) is 8.67. The van der Waals surface area contributed by atoms with Crippen LogP contribution in [0.15, 0.2) is 29.4 Å². The Balaban J connectivity index is 0.000000283. The fourth-order valence-corrected chi connectivity index (χ4v) is 3.32. The van der Waals surface area contributed by atoms with Crippen LogP contribution in [0.5, 0.6) is 0 Å². The molecular formula is C26H39F2N7O2. The molecule has 0 saturated heterocycles. The van der Waals surface area contributed by atoms with Gasteiger partial charge in [0.05, 0.1) is 36.4 Å². The SMILES string of the molecule is CCC(F)F.CNc1nc(N)nn2ccc(-c3ccc(N=C(C)C)c(C)n3)c12.COCCOC1CCC1. The second kappa shape index (κ2) is 15.2. The molecule has 204 valence electrons. The van der Waals surface area contributed by atoms with Gasteiger partial charge in [-0.1, -0.05) is 6.92 Å². The number of aromatic nitrogens is 4. The standard InChI is InChI=1S/C16H19N7.C7H14O2.C3H6F2/c1-9(2)19-12-5-6-13(20-10(12)3)11-7-8-23-14(11)15(18-4)21-16(17)22-23;1-8-5-6-9-7-3-2-4-7;1-2-3(4)5/h5-8H,1-4H3,(H3,17,18,21,22);7H,2-6H2,1H3;3H,2H2,1H3. The summed E-state index contributed by atoms with van der Waals surface area (Å²) in [6.45, 7) is 8.84. The highest BCUT2D eigenvalue weighted by atomic mass is 19.3. The van der Waals surface area contributed by atoms with E-state index in [-0.39, 0.29) is 12.4 Å². The molecular weight excluding hydrogens is 480 g/mol. The van der Waals surface area contributed by atoms with Crippen LogP contribution in [0.3, 0.4) is 0 Å². The molecule has 37 heavy (non-hydrogen) atoms. The maximum Gasteiger partial charge on any atom is 0.240 e. The van der Waals surface area contributed by atoms with Crippen molar-refractivity contribution < 1.29 is 18.3 Å². The number of hydrogen-bond acceptors (Lipinski definition) is 8. The molecule has 0 radical (unpaired) electrons. The number of halogens is 2. The summed E-state index contributed by atoms with van der Waals surface area (Å²) in [4.78, 5) is 13.4. The lowest BCUT2D eigenvalue weighted by Crippen LogP contribution is -2.23. The number of pyridine rings is 1. The van der Waals surface area contributed by atoms with Crippen LogP contribution in [0.1, 0.15) is 52.1 Å². The quantitative estimate of drug-likeness (QED) is 0.290. The van der Waals surface area contributed by atoms with Gasteiger partial charge in [0.1, 0.15) is 5.52 Å². The maximum atomic E-state index is 10.8. The van der Waals surface area contributed by atoms with Crippen molar-refractivity contribution >= 4 is 28.7 Å². The first-order valence-electron chi connectivity index (χ1n) is 12.4. The largest absolute Gasteiger partial charge is 0.382 e. The summed E-state index contributed by atoms with van der Waals surface area (Å²) < 4.78 is 33.5. The molecule has 1 aliphatic rings. The molecule has 3 aromatic rings. The Hall–Kier alpha value is -3.18. The van der Waals surface area contributed by atoms with E-state index in [1.54, 1.807) is 18.7 Å². The van der Waals surface area contributed by atoms with Crippen molar-refractivity contribution in [3.63, 3.8) is 0 Å². The van der Waals surface area contributed by atoms with Crippen LogP contribution in [0.2, 0.25) is 0 Å². The van der Waals surface area contributed by atoms with Gasteiger partial charge in [0.25, 0.3) is 0 Å². The molecule has 0 atom stereocenters. The predicted octanol–water partition coefficient (Wildman–Crippen LogP) is 5.70. The minimum Gasteiger partial charge on any atom is -0.382 e. The number of rotatable bonds is 8. The van der Waals surface area contributed by atoms with E-state index >= 15 is 0 Å². The Morgan fingerprint density at radius 1 is 1.22 bits per heavy atom. The summed E-state index contributed by atoms with van der Waals surface area (Å²) in [5.41, 5.74) is 11.1. The molecule has 1 aliphatic carbocycles. The van der Waals surface area contributed by atoms with Crippen LogP contribution in [0.4, 0.5) is 26.2 Å². The number of anilines is 2. The first kappa shape index (κ1) is 30.0. The summed E-state index contributed by atoms with van der Waals surface area (Å²) in [5.74, 6) is 0.889. The van der Waals surface area contributed by atoms with Gasteiger partial charge in [-0.25, -0.2) is 13.3 Å². The minimum absolute atomic E-state index is 0.0278.